The van der Waals surface area contributed by atoms with E-state index in [1.807, 2.05) is 0 Å². The maximum absolute atomic E-state index is 11.7. The molecule has 2 unspecified atom stereocenters. The highest BCUT2D eigenvalue weighted by molar-refractivity contribution is 6.31. The first-order valence-electron chi connectivity index (χ1n) is 6.51. The first-order valence-corrected chi connectivity index (χ1v) is 6.89. The van der Waals surface area contributed by atoms with Crippen LogP contribution >= 0.6 is 11.6 Å². The average Bonchev–Trinajstić information content (AvgIpc) is 2.96. The van der Waals surface area contributed by atoms with Crippen LogP contribution in [0.5, 0.6) is 0 Å². The lowest BCUT2D eigenvalue weighted by Crippen LogP contribution is -2.10. The second kappa shape index (κ2) is 3.70. The highest BCUT2D eigenvalue weighted by atomic mass is 35.5. The van der Waals surface area contributed by atoms with E-state index >= 15 is 0 Å². The maximum Gasteiger partial charge on any atom is 0.336 e. The van der Waals surface area contributed by atoms with Gasteiger partial charge < -0.3 is 5.11 Å². The Hall–Kier alpha value is -1.61. The Morgan fingerprint density at radius 2 is 2.11 bits per heavy atom. The molecule has 1 fully saturated rings. The largest absolute Gasteiger partial charge is 0.478 e. The predicted molar refractivity (Wildman–Crippen MR) is 73.0 cm³/mol. The first kappa shape index (κ1) is 11.2. The van der Waals surface area contributed by atoms with Gasteiger partial charge in [-0.25, -0.2) is 4.79 Å². The zero-order valence-electron chi connectivity index (χ0n) is 10.2. The molecule has 2 atom stereocenters. The number of aromatic nitrogens is 1. The van der Waals surface area contributed by atoms with Crippen LogP contribution in [0.15, 0.2) is 18.2 Å². The standard InChI is InChI=1S/C15H12ClNO2/c16-9-3-4-10-11(6-9)17-14-8-2-1-7(5-8)12(14)13(10)15(18)19/h3-4,6-8H,1-2,5H2,(H,18,19). The van der Waals surface area contributed by atoms with Crippen molar-refractivity contribution in [1.82, 2.24) is 4.98 Å². The number of carboxylic acid groups (broad SMARTS) is 1. The first-order chi connectivity index (χ1) is 9.15. The van der Waals surface area contributed by atoms with E-state index in [-0.39, 0.29) is 0 Å². The van der Waals surface area contributed by atoms with Crippen LogP contribution in [0, 0.1) is 0 Å². The fraction of sp³-hybridized carbons (Fsp3) is 0.333. The number of hydrogen-bond acceptors (Lipinski definition) is 2. The van der Waals surface area contributed by atoms with Crippen molar-refractivity contribution in [3.05, 3.63) is 40.0 Å². The van der Waals surface area contributed by atoms with E-state index < -0.39 is 5.97 Å². The monoisotopic (exact) mass is 273 g/mol. The molecular formula is C15H12ClNO2. The predicted octanol–water partition coefficient (Wildman–Crippen LogP) is 3.95. The summed E-state index contributed by atoms with van der Waals surface area (Å²) in [5.74, 6) is -0.0151. The van der Waals surface area contributed by atoms with Crippen LogP contribution in [0.3, 0.4) is 0 Å². The van der Waals surface area contributed by atoms with Gasteiger partial charge in [-0.1, -0.05) is 17.7 Å². The van der Waals surface area contributed by atoms with Gasteiger partial charge in [-0.2, -0.15) is 0 Å². The number of benzene rings is 1. The topological polar surface area (TPSA) is 50.2 Å². The van der Waals surface area contributed by atoms with Gasteiger partial charge in [0.2, 0.25) is 0 Å². The molecule has 1 N–H and O–H groups in total. The number of halogens is 1. The molecule has 96 valence electrons. The number of rotatable bonds is 1. The van der Waals surface area contributed by atoms with Crippen LogP contribution in [0.2, 0.25) is 5.02 Å². The Labute approximate surface area is 115 Å². The molecule has 1 saturated carbocycles. The van der Waals surface area contributed by atoms with E-state index in [2.05, 4.69) is 0 Å². The molecule has 0 radical (unpaired) electrons. The second-order valence-corrected chi connectivity index (χ2v) is 5.90. The lowest BCUT2D eigenvalue weighted by Gasteiger charge is -2.18. The SMILES string of the molecule is O=C(O)c1c2c(nc3cc(Cl)ccc13)C1CCC2C1. The molecule has 2 aliphatic carbocycles. The molecule has 0 aliphatic heterocycles. The molecule has 3 nitrogen and oxygen atoms in total. The van der Waals surface area contributed by atoms with Crippen LogP contribution in [-0.4, -0.2) is 16.1 Å². The Bertz CT molecular complexity index is 726. The fourth-order valence-electron chi connectivity index (χ4n) is 3.72. The van der Waals surface area contributed by atoms with Crippen molar-refractivity contribution in [2.45, 2.75) is 31.1 Å². The minimum absolute atomic E-state index is 0.388. The number of aromatic carboxylic acids is 1. The van der Waals surface area contributed by atoms with Gasteiger partial charge in [0, 0.05) is 22.0 Å². The third-order valence-electron chi connectivity index (χ3n) is 4.46. The van der Waals surface area contributed by atoms with E-state index in [1.165, 1.54) is 0 Å². The summed E-state index contributed by atoms with van der Waals surface area (Å²) in [5.41, 5.74) is 3.14. The second-order valence-electron chi connectivity index (χ2n) is 5.46. The third kappa shape index (κ3) is 1.45. The number of nitrogens with zero attached hydrogens (tertiary/aromatic N) is 1. The summed E-state index contributed by atoms with van der Waals surface area (Å²) in [5, 5.41) is 10.9. The minimum atomic E-state index is -0.849. The van der Waals surface area contributed by atoms with Gasteiger partial charge in [-0.3, -0.25) is 4.98 Å². The van der Waals surface area contributed by atoms with Crippen LogP contribution in [0.4, 0.5) is 0 Å². The van der Waals surface area contributed by atoms with Crippen molar-refractivity contribution in [2.24, 2.45) is 0 Å². The van der Waals surface area contributed by atoms with E-state index in [1.54, 1.807) is 18.2 Å². The number of fused-ring (bicyclic) bond motifs is 6. The average molecular weight is 274 g/mol. The quantitative estimate of drug-likeness (QED) is 0.856. The van der Waals surface area contributed by atoms with E-state index in [0.717, 1.165) is 30.5 Å². The molecule has 0 saturated heterocycles. The summed E-state index contributed by atoms with van der Waals surface area (Å²) >= 11 is 5.99. The zero-order chi connectivity index (χ0) is 13.1. The lowest BCUT2D eigenvalue weighted by molar-refractivity contribution is 0.0697. The van der Waals surface area contributed by atoms with Gasteiger partial charge in [0.05, 0.1) is 11.1 Å². The van der Waals surface area contributed by atoms with Crippen molar-refractivity contribution in [1.29, 1.82) is 0 Å². The van der Waals surface area contributed by atoms with Gasteiger partial charge in [0.1, 0.15) is 0 Å². The lowest BCUT2D eigenvalue weighted by atomic mass is 9.89. The third-order valence-corrected chi connectivity index (χ3v) is 4.69. The summed E-state index contributed by atoms with van der Waals surface area (Å²) in [6.45, 7) is 0. The molecular weight excluding hydrogens is 262 g/mol. The van der Waals surface area contributed by atoms with Crippen molar-refractivity contribution in [2.75, 3.05) is 0 Å². The molecule has 1 heterocycles. The molecule has 2 aromatic rings. The maximum atomic E-state index is 11.7. The number of pyridine rings is 1. The van der Waals surface area contributed by atoms with Crippen molar-refractivity contribution < 1.29 is 9.90 Å². The van der Waals surface area contributed by atoms with Gasteiger partial charge in [0.15, 0.2) is 0 Å². The Kier molecular flexibility index (Phi) is 2.19. The van der Waals surface area contributed by atoms with Crippen LogP contribution in [0.1, 0.15) is 52.7 Å². The highest BCUT2D eigenvalue weighted by Crippen LogP contribution is 2.54. The number of carbonyl (C=O) groups is 1. The van der Waals surface area contributed by atoms with Crippen molar-refractivity contribution in [3.63, 3.8) is 0 Å². The molecule has 1 aromatic heterocycles. The summed E-state index contributed by atoms with van der Waals surface area (Å²) in [6.07, 6.45) is 3.29. The Balaban J connectivity index is 2.14. The molecule has 4 heteroatoms. The van der Waals surface area contributed by atoms with Crippen molar-refractivity contribution >= 4 is 28.5 Å². The Morgan fingerprint density at radius 3 is 2.89 bits per heavy atom. The molecule has 19 heavy (non-hydrogen) atoms. The van der Waals surface area contributed by atoms with Gasteiger partial charge in [0.25, 0.3) is 0 Å². The normalized spacial score (nSPS) is 23.8. The summed E-state index contributed by atoms with van der Waals surface area (Å²) in [6, 6.07) is 5.27. The van der Waals surface area contributed by atoms with Crippen molar-refractivity contribution in [3.8, 4) is 0 Å². The zero-order valence-corrected chi connectivity index (χ0v) is 10.9. The van der Waals surface area contributed by atoms with Gasteiger partial charge in [-0.05, 0) is 42.9 Å². The van der Waals surface area contributed by atoms with Crippen LogP contribution in [0.25, 0.3) is 10.9 Å². The summed E-state index contributed by atoms with van der Waals surface area (Å²) in [4.78, 5) is 16.4. The smallest absolute Gasteiger partial charge is 0.336 e. The minimum Gasteiger partial charge on any atom is -0.478 e. The van der Waals surface area contributed by atoms with Crippen LogP contribution in [-0.2, 0) is 0 Å². The number of carboxylic acids is 1. The molecule has 4 rings (SSSR count). The Morgan fingerprint density at radius 1 is 1.32 bits per heavy atom. The van der Waals surface area contributed by atoms with Crippen LogP contribution < -0.4 is 0 Å². The fourth-order valence-corrected chi connectivity index (χ4v) is 3.89. The van der Waals surface area contributed by atoms with E-state index in [4.69, 9.17) is 16.6 Å². The van der Waals surface area contributed by atoms with E-state index in [0.29, 0.717) is 33.3 Å². The summed E-state index contributed by atoms with van der Waals surface area (Å²) < 4.78 is 0. The van der Waals surface area contributed by atoms with E-state index in [9.17, 15) is 9.90 Å². The molecule has 0 spiro atoms. The highest BCUT2D eigenvalue weighted by Gasteiger charge is 2.41. The molecule has 2 bridgehead atoms. The molecule has 1 aromatic carbocycles. The molecule has 2 aliphatic rings. The number of hydrogen-bond donors (Lipinski definition) is 1. The summed E-state index contributed by atoms with van der Waals surface area (Å²) in [7, 11) is 0. The molecule has 0 amide bonds. The van der Waals surface area contributed by atoms with Gasteiger partial charge in [-0.15, -0.1) is 0 Å². The van der Waals surface area contributed by atoms with Gasteiger partial charge >= 0.3 is 5.97 Å².